The molecule has 3 nitrogen and oxygen atoms in total. The second kappa shape index (κ2) is 4.59. The number of hydrogen-bond acceptors (Lipinski definition) is 3. The lowest BCUT2D eigenvalue weighted by atomic mass is 10.1. The summed E-state index contributed by atoms with van der Waals surface area (Å²) < 4.78 is 12.8. The maximum atomic E-state index is 12.9. The normalized spacial score (nSPS) is 8.80. The van der Waals surface area contributed by atoms with Crippen LogP contribution in [0.25, 0.3) is 6.08 Å². The maximum absolute atomic E-state index is 12.9. The van der Waals surface area contributed by atoms with Gasteiger partial charge in [-0.15, -0.1) is 0 Å². The second-order valence-corrected chi connectivity index (χ2v) is 3.37. The minimum Gasteiger partial charge on any atom is -0.506 e. The van der Waals surface area contributed by atoms with Gasteiger partial charge < -0.3 is 5.11 Å². The van der Waals surface area contributed by atoms with E-state index in [0.717, 1.165) is 6.07 Å². The molecule has 1 aromatic rings. The van der Waals surface area contributed by atoms with E-state index in [4.69, 9.17) is 10.5 Å². The van der Waals surface area contributed by atoms with Gasteiger partial charge in [0.2, 0.25) is 0 Å². The molecule has 0 fully saturated rings. The predicted octanol–water partition coefficient (Wildman–Crippen LogP) is 2.72. The van der Waals surface area contributed by atoms with Crippen molar-refractivity contribution in [2.24, 2.45) is 0 Å². The predicted molar refractivity (Wildman–Crippen MR) is 55.0 cm³/mol. The Bertz CT molecular complexity index is 495. The topological polar surface area (TPSA) is 67.8 Å². The molecule has 0 heterocycles. The summed E-state index contributed by atoms with van der Waals surface area (Å²) in [5, 5.41) is 26.5. The highest BCUT2D eigenvalue weighted by atomic mass is 79.9. The second-order valence-electron chi connectivity index (χ2n) is 2.58. The van der Waals surface area contributed by atoms with Gasteiger partial charge in [0.15, 0.2) is 0 Å². The zero-order chi connectivity index (χ0) is 11.4. The summed E-state index contributed by atoms with van der Waals surface area (Å²) in [5.74, 6) is -0.946. The van der Waals surface area contributed by atoms with E-state index in [1.807, 2.05) is 0 Å². The number of allylic oxidation sites excluding steroid dienone is 1. The number of hydrogen-bond donors (Lipinski definition) is 1. The van der Waals surface area contributed by atoms with Crippen molar-refractivity contribution in [2.45, 2.75) is 0 Å². The molecule has 0 aliphatic heterocycles. The fourth-order valence-electron chi connectivity index (χ4n) is 0.916. The Balaban J connectivity index is 3.32. The number of rotatable bonds is 1. The molecular formula is C10H4BrFN2O. The molecule has 0 spiro atoms. The summed E-state index contributed by atoms with van der Waals surface area (Å²) in [7, 11) is 0. The number of phenolic OH excluding ortho intramolecular Hbond substituents is 1. The molecule has 0 amide bonds. The highest BCUT2D eigenvalue weighted by molar-refractivity contribution is 9.10. The van der Waals surface area contributed by atoms with Gasteiger partial charge in [0, 0.05) is 5.56 Å². The molecule has 0 aromatic heterocycles. The molecule has 0 unspecified atom stereocenters. The summed E-state index contributed by atoms with van der Waals surface area (Å²) in [6.45, 7) is 0. The zero-order valence-corrected chi connectivity index (χ0v) is 8.92. The summed E-state index contributed by atoms with van der Waals surface area (Å²) in [6, 6.07) is 5.69. The Morgan fingerprint density at radius 2 is 2.00 bits per heavy atom. The standard InChI is InChI=1S/C10H4BrFN2O/c11-9-8(12)2-1-7(10(9)15)3-6(4-13)5-14/h1-3,15H. The van der Waals surface area contributed by atoms with Gasteiger partial charge in [0.1, 0.15) is 29.3 Å². The van der Waals surface area contributed by atoms with E-state index in [1.165, 1.54) is 12.1 Å². The van der Waals surface area contributed by atoms with E-state index in [0.29, 0.717) is 0 Å². The molecule has 1 aromatic carbocycles. The first-order chi connectivity index (χ1) is 7.10. The van der Waals surface area contributed by atoms with Crippen LogP contribution in [0.5, 0.6) is 5.75 Å². The third-order valence-electron chi connectivity index (χ3n) is 1.64. The molecular weight excluding hydrogens is 263 g/mol. The summed E-state index contributed by atoms with van der Waals surface area (Å²) in [6.07, 6.45) is 1.18. The number of halogens is 2. The van der Waals surface area contributed by atoms with E-state index in [9.17, 15) is 9.50 Å². The molecule has 15 heavy (non-hydrogen) atoms. The van der Waals surface area contributed by atoms with Crippen molar-refractivity contribution in [2.75, 3.05) is 0 Å². The number of nitriles is 2. The lowest BCUT2D eigenvalue weighted by molar-refractivity contribution is 0.463. The van der Waals surface area contributed by atoms with Crippen molar-refractivity contribution in [3.05, 3.63) is 33.6 Å². The van der Waals surface area contributed by atoms with Gasteiger partial charge in [-0.3, -0.25) is 0 Å². The van der Waals surface area contributed by atoms with Gasteiger partial charge in [0.25, 0.3) is 0 Å². The molecule has 5 heteroatoms. The van der Waals surface area contributed by atoms with Crippen LogP contribution in [0.4, 0.5) is 4.39 Å². The smallest absolute Gasteiger partial charge is 0.141 e. The lowest BCUT2D eigenvalue weighted by Gasteiger charge is -2.02. The Morgan fingerprint density at radius 1 is 1.40 bits per heavy atom. The largest absolute Gasteiger partial charge is 0.506 e. The molecule has 0 bridgehead atoms. The minimum atomic E-state index is -0.611. The number of aromatic hydroxyl groups is 1. The molecule has 0 aliphatic rings. The maximum Gasteiger partial charge on any atom is 0.141 e. The first kappa shape index (κ1) is 11.2. The molecule has 0 aliphatic carbocycles. The van der Waals surface area contributed by atoms with Crippen LogP contribution in [0.15, 0.2) is 22.2 Å². The van der Waals surface area contributed by atoms with Gasteiger partial charge >= 0.3 is 0 Å². The Hall–Kier alpha value is -1.85. The molecule has 0 saturated heterocycles. The van der Waals surface area contributed by atoms with Crippen LogP contribution in [-0.2, 0) is 0 Å². The summed E-state index contributed by atoms with van der Waals surface area (Å²) >= 11 is 2.84. The van der Waals surface area contributed by atoms with E-state index >= 15 is 0 Å². The fourth-order valence-corrected chi connectivity index (χ4v) is 1.28. The van der Waals surface area contributed by atoms with Crippen molar-refractivity contribution < 1.29 is 9.50 Å². The van der Waals surface area contributed by atoms with E-state index in [1.54, 1.807) is 12.1 Å². The average Bonchev–Trinajstić information content (AvgIpc) is 2.25. The van der Waals surface area contributed by atoms with Crippen LogP contribution in [0.2, 0.25) is 0 Å². The van der Waals surface area contributed by atoms with Crippen LogP contribution in [0.3, 0.4) is 0 Å². The van der Waals surface area contributed by atoms with E-state index in [-0.39, 0.29) is 21.4 Å². The zero-order valence-electron chi connectivity index (χ0n) is 7.33. The third-order valence-corrected chi connectivity index (χ3v) is 2.40. The van der Waals surface area contributed by atoms with Gasteiger partial charge in [-0.2, -0.15) is 10.5 Å². The fraction of sp³-hybridized carbons (Fsp3) is 0. The highest BCUT2D eigenvalue weighted by Gasteiger charge is 2.09. The van der Waals surface area contributed by atoms with Crippen molar-refractivity contribution in [1.29, 1.82) is 10.5 Å². The number of benzene rings is 1. The van der Waals surface area contributed by atoms with Gasteiger partial charge in [-0.25, -0.2) is 4.39 Å². The van der Waals surface area contributed by atoms with Crippen molar-refractivity contribution in [3.63, 3.8) is 0 Å². The van der Waals surface area contributed by atoms with Crippen molar-refractivity contribution >= 4 is 22.0 Å². The van der Waals surface area contributed by atoms with Crippen molar-refractivity contribution in [1.82, 2.24) is 0 Å². The Kier molecular flexibility index (Phi) is 3.43. The molecule has 1 rings (SSSR count). The van der Waals surface area contributed by atoms with Gasteiger partial charge in [-0.1, -0.05) is 0 Å². The van der Waals surface area contributed by atoms with Gasteiger partial charge in [0.05, 0.1) is 4.47 Å². The Labute approximate surface area is 93.8 Å². The first-order valence-electron chi connectivity index (χ1n) is 3.79. The first-order valence-corrected chi connectivity index (χ1v) is 4.58. The lowest BCUT2D eigenvalue weighted by Crippen LogP contribution is -1.83. The summed E-state index contributed by atoms with van der Waals surface area (Å²) in [4.78, 5) is 0. The van der Waals surface area contributed by atoms with Crippen molar-refractivity contribution in [3.8, 4) is 17.9 Å². The molecule has 74 valence electrons. The van der Waals surface area contributed by atoms with Crippen LogP contribution < -0.4 is 0 Å². The Morgan fingerprint density at radius 3 is 2.53 bits per heavy atom. The van der Waals surface area contributed by atoms with Crippen LogP contribution in [-0.4, -0.2) is 5.11 Å². The minimum absolute atomic E-state index is 0.0912. The monoisotopic (exact) mass is 266 g/mol. The van der Waals surface area contributed by atoms with E-state index < -0.39 is 5.82 Å². The SMILES string of the molecule is N#CC(C#N)=Cc1ccc(F)c(Br)c1O. The highest BCUT2D eigenvalue weighted by Crippen LogP contribution is 2.31. The third kappa shape index (κ3) is 2.34. The van der Waals surface area contributed by atoms with E-state index in [2.05, 4.69) is 15.9 Å². The number of nitrogens with zero attached hydrogens (tertiary/aromatic N) is 2. The summed E-state index contributed by atoms with van der Waals surface area (Å²) in [5.41, 5.74) is 0.0465. The molecule has 0 radical (unpaired) electrons. The van der Waals surface area contributed by atoms with Crippen LogP contribution in [0, 0.1) is 28.5 Å². The van der Waals surface area contributed by atoms with Gasteiger partial charge in [-0.05, 0) is 34.1 Å². The quantitative estimate of drug-likeness (QED) is 0.795. The van der Waals surface area contributed by atoms with Crippen LogP contribution >= 0.6 is 15.9 Å². The molecule has 1 N–H and O–H groups in total. The molecule has 0 saturated carbocycles. The number of phenols is 1. The molecule has 0 atom stereocenters. The van der Waals surface area contributed by atoms with Crippen LogP contribution in [0.1, 0.15) is 5.56 Å². The average molecular weight is 267 g/mol.